The van der Waals surface area contributed by atoms with E-state index in [1.54, 1.807) is 18.9 Å². The average molecular weight is 182 g/mol. The van der Waals surface area contributed by atoms with Crippen molar-refractivity contribution in [3.8, 4) is 5.75 Å². The molecule has 1 nitrogen and oxygen atoms in total. The summed E-state index contributed by atoms with van der Waals surface area (Å²) in [7, 11) is 1.70. The highest BCUT2D eigenvalue weighted by Gasteiger charge is 2.00. The van der Waals surface area contributed by atoms with Crippen LogP contribution in [0.2, 0.25) is 0 Å². The van der Waals surface area contributed by atoms with E-state index in [-0.39, 0.29) is 0 Å². The Balaban J connectivity index is 3.02. The van der Waals surface area contributed by atoms with Gasteiger partial charge in [0.25, 0.3) is 0 Å². The van der Waals surface area contributed by atoms with Gasteiger partial charge in [-0.2, -0.15) is 0 Å². The summed E-state index contributed by atoms with van der Waals surface area (Å²) in [4.78, 5) is 1.32. The smallest absolute Gasteiger partial charge is 0.119 e. The van der Waals surface area contributed by atoms with Gasteiger partial charge in [0.05, 0.1) is 7.11 Å². The van der Waals surface area contributed by atoms with Crippen molar-refractivity contribution in [2.75, 3.05) is 13.4 Å². The van der Waals surface area contributed by atoms with Gasteiger partial charge in [0.2, 0.25) is 0 Å². The average Bonchev–Trinajstić information content (AvgIpc) is 2.16. The first-order chi connectivity index (χ1) is 5.81. The van der Waals surface area contributed by atoms with Gasteiger partial charge in [0, 0.05) is 4.90 Å². The van der Waals surface area contributed by atoms with Gasteiger partial charge in [0.1, 0.15) is 5.75 Å². The predicted octanol–water partition coefficient (Wildman–Crippen LogP) is 2.98. The van der Waals surface area contributed by atoms with E-state index in [0.717, 1.165) is 12.2 Å². The number of hydrogen-bond acceptors (Lipinski definition) is 2. The van der Waals surface area contributed by atoms with Crippen molar-refractivity contribution in [3.63, 3.8) is 0 Å². The molecule has 0 radical (unpaired) electrons. The van der Waals surface area contributed by atoms with Crippen molar-refractivity contribution in [1.29, 1.82) is 0 Å². The third-order valence-corrected chi connectivity index (χ3v) is 2.70. The van der Waals surface area contributed by atoms with E-state index in [0.29, 0.717) is 0 Å². The SMILES string of the molecule is CCc1ccc(OC)cc1SC. The Morgan fingerprint density at radius 1 is 1.42 bits per heavy atom. The predicted molar refractivity (Wildman–Crippen MR) is 54.2 cm³/mol. The maximum atomic E-state index is 5.14. The molecule has 1 aromatic carbocycles. The normalized spacial score (nSPS) is 9.92. The fourth-order valence-corrected chi connectivity index (χ4v) is 1.85. The first-order valence-corrected chi connectivity index (χ1v) is 5.25. The Morgan fingerprint density at radius 3 is 2.67 bits per heavy atom. The number of ether oxygens (including phenoxy) is 1. The van der Waals surface area contributed by atoms with E-state index < -0.39 is 0 Å². The molecule has 0 spiro atoms. The minimum Gasteiger partial charge on any atom is -0.497 e. The lowest BCUT2D eigenvalue weighted by Crippen LogP contribution is -1.87. The van der Waals surface area contributed by atoms with Crippen molar-refractivity contribution < 1.29 is 4.74 Å². The summed E-state index contributed by atoms with van der Waals surface area (Å²) in [6.07, 6.45) is 3.17. The van der Waals surface area contributed by atoms with Crippen molar-refractivity contribution in [3.05, 3.63) is 23.8 Å². The topological polar surface area (TPSA) is 9.23 Å². The van der Waals surface area contributed by atoms with Crippen LogP contribution in [0.5, 0.6) is 5.75 Å². The second kappa shape index (κ2) is 4.41. The minimum atomic E-state index is 0.941. The molecule has 1 rings (SSSR count). The van der Waals surface area contributed by atoms with Crippen molar-refractivity contribution >= 4 is 11.8 Å². The van der Waals surface area contributed by atoms with E-state index in [1.165, 1.54) is 10.5 Å². The van der Waals surface area contributed by atoms with Crippen LogP contribution >= 0.6 is 11.8 Å². The molecule has 1 aromatic rings. The van der Waals surface area contributed by atoms with Gasteiger partial charge < -0.3 is 4.74 Å². The van der Waals surface area contributed by atoms with Gasteiger partial charge in [-0.25, -0.2) is 0 Å². The van der Waals surface area contributed by atoms with Gasteiger partial charge in [-0.1, -0.05) is 13.0 Å². The van der Waals surface area contributed by atoms with Gasteiger partial charge in [-0.05, 0) is 30.4 Å². The number of methoxy groups -OCH3 is 1. The first kappa shape index (κ1) is 9.46. The molecule has 0 aliphatic heterocycles. The lowest BCUT2D eigenvalue weighted by molar-refractivity contribution is 0.413. The lowest BCUT2D eigenvalue weighted by Gasteiger charge is -2.06. The second-order valence-corrected chi connectivity index (χ2v) is 3.38. The molecule has 0 heterocycles. The molecule has 0 saturated heterocycles. The van der Waals surface area contributed by atoms with Crippen LogP contribution in [-0.2, 0) is 6.42 Å². The molecule has 0 aromatic heterocycles. The summed E-state index contributed by atoms with van der Waals surface area (Å²) < 4.78 is 5.14. The summed E-state index contributed by atoms with van der Waals surface area (Å²) in [5.74, 6) is 0.941. The van der Waals surface area contributed by atoms with Crippen LogP contribution < -0.4 is 4.74 Å². The first-order valence-electron chi connectivity index (χ1n) is 4.02. The molecule has 66 valence electrons. The molecule has 0 fully saturated rings. The van der Waals surface area contributed by atoms with Crippen LogP contribution in [-0.4, -0.2) is 13.4 Å². The molecule has 0 N–H and O–H groups in total. The van der Waals surface area contributed by atoms with Gasteiger partial charge >= 0.3 is 0 Å². The second-order valence-electron chi connectivity index (χ2n) is 2.53. The molecular weight excluding hydrogens is 168 g/mol. The van der Waals surface area contributed by atoms with E-state index >= 15 is 0 Å². The quantitative estimate of drug-likeness (QED) is 0.665. The van der Waals surface area contributed by atoms with E-state index in [9.17, 15) is 0 Å². The van der Waals surface area contributed by atoms with Gasteiger partial charge in [-0.3, -0.25) is 0 Å². The van der Waals surface area contributed by atoms with Crippen LogP contribution in [0.15, 0.2) is 23.1 Å². The molecule has 2 heteroatoms. The maximum absolute atomic E-state index is 5.14. The summed E-state index contributed by atoms with van der Waals surface area (Å²) >= 11 is 1.77. The Hall–Kier alpha value is -0.630. The third-order valence-electron chi connectivity index (χ3n) is 1.88. The number of aryl methyl sites for hydroxylation is 1. The van der Waals surface area contributed by atoms with E-state index in [4.69, 9.17) is 4.74 Å². The largest absolute Gasteiger partial charge is 0.497 e. The molecule has 0 saturated carbocycles. The summed E-state index contributed by atoms with van der Waals surface area (Å²) in [6, 6.07) is 6.23. The monoisotopic (exact) mass is 182 g/mol. The molecule has 0 unspecified atom stereocenters. The fraction of sp³-hybridized carbons (Fsp3) is 0.400. The Morgan fingerprint density at radius 2 is 2.17 bits per heavy atom. The molecule has 0 aliphatic carbocycles. The van der Waals surface area contributed by atoms with Crippen LogP contribution in [0, 0.1) is 0 Å². The van der Waals surface area contributed by atoms with Crippen molar-refractivity contribution in [2.24, 2.45) is 0 Å². The maximum Gasteiger partial charge on any atom is 0.119 e. The van der Waals surface area contributed by atoms with Gasteiger partial charge in [0.15, 0.2) is 0 Å². The fourth-order valence-electron chi connectivity index (χ4n) is 1.14. The number of benzene rings is 1. The number of hydrogen-bond donors (Lipinski definition) is 0. The number of thioether (sulfide) groups is 1. The molecule has 0 amide bonds. The molecule has 12 heavy (non-hydrogen) atoms. The zero-order valence-corrected chi connectivity index (χ0v) is 8.57. The van der Waals surface area contributed by atoms with Crippen LogP contribution in [0.4, 0.5) is 0 Å². The highest BCUT2D eigenvalue weighted by molar-refractivity contribution is 7.98. The highest BCUT2D eigenvalue weighted by atomic mass is 32.2. The molecular formula is C10H14OS. The molecule has 0 atom stereocenters. The Bertz CT molecular complexity index is 258. The summed E-state index contributed by atoms with van der Waals surface area (Å²) in [6.45, 7) is 2.17. The molecule has 0 aliphatic rings. The van der Waals surface area contributed by atoms with Crippen LogP contribution in [0.1, 0.15) is 12.5 Å². The van der Waals surface area contributed by atoms with Crippen LogP contribution in [0.25, 0.3) is 0 Å². The van der Waals surface area contributed by atoms with Crippen LogP contribution in [0.3, 0.4) is 0 Å². The standard InChI is InChI=1S/C10H14OS/c1-4-8-5-6-9(11-2)7-10(8)12-3/h5-7H,4H2,1-3H3. The number of rotatable bonds is 3. The summed E-state index contributed by atoms with van der Waals surface area (Å²) in [5, 5.41) is 0. The van der Waals surface area contributed by atoms with E-state index in [2.05, 4.69) is 25.3 Å². The third kappa shape index (κ3) is 1.95. The highest BCUT2D eigenvalue weighted by Crippen LogP contribution is 2.25. The Labute approximate surface area is 78.1 Å². The molecule has 0 bridgehead atoms. The summed E-state index contributed by atoms with van der Waals surface area (Å²) in [5.41, 5.74) is 1.39. The lowest BCUT2D eigenvalue weighted by atomic mass is 10.2. The van der Waals surface area contributed by atoms with Crippen molar-refractivity contribution in [1.82, 2.24) is 0 Å². The minimum absolute atomic E-state index is 0.941. The Kier molecular flexibility index (Phi) is 3.48. The van der Waals surface area contributed by atoms with Gasteiger partial charge in [-0.15, -0.1) is 11.8 Å². The van der Waals surface area contributed by atoms with E-state index in [1.807, 2.05) is 6.07 Å². The van der Waals surface area contributed by atoms with Crippen molar-refractivity contribution in [2.45, 2.75) is 18.2 Å². The zero-order chi connectivity index (χ0) is 8.97. The zero-order valence-electron chi connectivity index (χ0n) is 7.76.